The van der Waals surface area contributed by atoms with Gasteiger partial charge in [0.05, 0.1) is 0 Å². The maximum absolute atomic E-state index is 12.1. The molecule has 1 N–H and O–H groups in total. The van der Waals surface area contributed by atoms with Crippen LogP contribution in [0, 0.1) is 0 Å². The third-order valence-corrected chi connectivity index (χ3v) is 3.85. The summed E-state index contributed by atoms with van der Waals surface area (Å²) in [6, 6.07) is 0.674. The van der Waals surface area contributed by atoms with Crippen molar-refractivity contribution in [3.05, 3.63) is 11.6 Å². The van der Waals surface area contributed by atoms with Crippen LogP contribution in [0.15, 0.2) is 11.6 Å². The van der Waals surface area contributed by atoms with Gasteiger partial charge in [-0.3, -0.25) is 0 Å². The van der Waals surface area contributed by atoms with Crippen molar-refractivity contribution >= 4 is 6.09 Å². The Bertz CT molecular complexity index is 365. The molecule has 0 bridgehead atoms. The molecule has 2 rings (SSSR count). The molecular formula is C16H28N2O2. The van der Waals surface area contributed by atoms with E-state index in [-0.39, 0.29) is 6.09 Å². The molecule has 1 aliphatic heterocycles. The van der Waals surface area contributed by atoms with E-state index < -0.39 is 5.60 Å². The molecule has 0 saturated heterocycles. The number of carbonyl (C=O) groups excluding carboxylic acids is 1. The highest BCUT2D eigenvalue weighted by Crippen LogP contribution is 2.19. The molecule has 4 nitrogen and oxygen atoms in total. The lowest BCUT2D eigenvalue weighted by Gasteiger charge is -2.30. The first-order valence-corrected chi connectivity index (χ1v) is 7.83. The second-order valence-corrected chi connectivity index (χ2v) is 6.92. The monoisotopic (exact) mass is 280 g/mol. The summed E-state index contributed by atoms with van der Waals surface area (Å²) < 4.78 is 5.44. The SMILES string of the molecule is CC(C)(C)OC(=O)N1CCC=C(CNC2CCCC2)C1. The lowest BCUT2D eigenvalue weighted by atomic mass is 10.1. The van der Waals surface area contributed by atoms with Crippen molar-refractivity contribution in [2.24, 2.45) is 0 Å². The quantitative estimate of drug-likeness (QED) is 0.808. The fourth-order valence-electron chi connectivity index (χ4n) is 2.83. The third kappa shape index (κ3) is 4.82. The first kappa shape index (κ1) is 15.4. The zero-order valence-electron chi connectivity index (χ0n) is 13.1. The molecule has 2 aliphatic rings. The van der Waals surface area contributed by atoms with E-state index in [9.17, 15) is 4.79 Å². The standard InChI is InChI=1S/C16H28N2O2/c1-16(2,3)20-15(19)18-10-6-7-13(12-18)11-17-14-8-4-5-9-14/h7,14,17H,4-6,8-12H2,1-3H3. The molecule has 1 heterocycles. The molecule has 0 spiro atoms. The highest BCUT2D eigenvalue weighted by molar-refractivity contribution is 5.68. The molecule has 0 atom stereocenters. The number of ether oxygens (including phenoxy) is 1. The van der Waals surface area contributed by atoms with Crippen molar-refractivity contribution in [2.45, 2.75) is 64.5 Å². The number of hydrogen-bond donors (Lipinski definition) is 1. The van der Waals surface area contributed by atoms with Gasteiger partial charge in [0, 0.05) is 25.7 Å². The van der Waals surface area contributed by atoms with Crippen LogP contribution >= 0.6 is 0 Å². The van der Waals surface area contributed by atoms with Gasteiger partial charge in [-0.2, -0.15) is 0 Å². The normalized spacial score (nSPS) is 20.9. The minimum absolute atomic E-state index is 0.191. The van der Waals surface area contributed by atoms with Gasteiger partial charge >= 0.3 is 6.09 Å². The van der Waals surface area contributed by atoms with Crippen LogP contribution in [-0.2, 0) is 4.74 Å². The van der Waals surface area contributed by atoms with E-state index in [4.69, 9.17) is 4.74 Å². The van der Waals surface area contributed by atoms with Crippen molar-refractivity contribution in [1.29, 1.82) is 0 Å². The van der Waals surface area contributed by atoms with Crippen molar-refractivity contribution in [3.63, 3.8) is 0 Å². The van der Waals surface area contributed by atoms with Gasteiger partial charge in [-0.05, 0) is 45.6 Å². The summed E-state index contributed by atoms with van der Waals surface area (Å²) in [7, 11) is 0. The Kier molecular flexibility index (Phi) is 5.08. The molecule has 0 aromatic carbocycles. The van der Waals surface area contributed by atoms with E-state index in [0.29, 0.717) is 12.6 Å². The minimum atomic E-state index is -0.416. The van der Waals surface area contributed by atoms with Crippen LogP contribution < -0.4 is 5.32 Å². The molecular weight excluding hydrogens is 252 g/mol. The van der Waals surface area contributed by atoms with Gasteiger partial charge in [-0.25, -0.2) is 4.79 Å². The Balaban J connectivity index is 1.78. The van der Waals surface area contributed by atoms with Gasteiger partial charge in [0.2, 0.25) is 0 Å². The van der Waals surface area contributed by atoms with Crippen molar-refractivity contribution in [3.8, 4) is 0 Å². The molecule has 1 amide bonds. The van der Waals surface area contributed by atoms with Crippen LogP contribution in [0.2, 0.25) is 0 Å². The summed E-state index contributed by atoms with van der Waals surface area (Å²) in [5.74, 6) is 0. The second-order valence-electron chi connectivity index (χ2n) is 6.92. The minimum Gasteiger partial charge on any atom is -0.444 e. The molecule has 0 aromatic heterocycles. The van der Waals surface area contributed by atoms with Crippen LogP contribution in [0.4, 0.5) is 4.79 Å². The summed E-state index contributed by atoms with van der Waals surface area (Å²) in [5.41, 5.74) is 0.898. The predicted molar refractivity (Wildman–Crippen MR) is 80.8 cm³/mol. The highest BCUT2D eigenvalue weighted by atomic mass is 16.6. The number of nitrogens with one attached hydrogen (secondary N) is 1. The largest absolute Gasteiger partial charge is 0.444 e. The summed E-state index contributed by atoms with van der Waals surface area (Å²) in [4.78, 5) is 13.9. The van der Waals surface area contributed by atoms with Crippen LogP contribution in [0.5, 0.6) is 0 Å². The van der Waals surface area contributed by atoms with Gasteiger partial charge in [-0.15, -0.1) is 0 Å². The average molecular weight is 280 g/mol. The number of hydrogen-bond acceptors (Lipinski definition) is 3. The average Bonchev–Trinajstić information content (AvgIpc) is 2.88. The fraction of sp³-hybridized carbons (Fsp3) is 0.812. The first-order chi connectivity index (χ1) is 9.44. The van der Waals surface area contributed by atoms with Gasteiger partial charge in [0.15, 0.2) is 0 Å². The zero-order chi connectivity index (χ0) is 14.6. The van der Waals surface area contributed by atoms with Crippen LogP contribution in [0.25, 0.3) is 0 Å². The van der Waals surface area contributed by atoms with Gasteiger partial charge in [0.25, 0.3) is 0 Å². The zero-order valence-corrected chi connectivity index (χ0v) is 13.1. The topological polar surface area (TPSA) is 41.6 Å². The molecule has 20 heavy (non-hydrogen) atoms. The maximum Gasteiger partial charge on any atom is 0.410 e. The molecule has 4 heteroatoms. The number of nitrogens with zero attached hydrogens (tertiary/aromatic N) is 1. The Morgan fingerprint density at radius 1 is 1.40 bits per heavy atom. The predicted octanol–water partition coefficient (Wildman–Crippen LogP) is 3.09. The molecule has 0 radical (unpaired) electrons. The lowest BCUT2D eigenvalue weighted by Crippen LogP contribution is -2.41. The first-order valence-electron chi connectivity index (χ1n) is 7.83. The number of amides is 1. The molecule has 1 saturated carbocycles. The smallest absolute Gasteiger partial charge is 0.410 e. The molecule has 0 unspecified atom stereocenters. The van der Waals surface area contributed by atoms with Crippen molar-refractivity contribution in [2.75, 3.05) is 19.6 Å². The van der Waals surface area contributed by atoms with E-state index in [1.165, 1.54) is 31.3 Å². The lowest BCUT2D eigenvalue weighted by molar-refractivity contribution is 0.0261. The van der Waals surface area contributed by atoms with E-state index in [1.54, 1.807) is 0 Å². The fourth-order valence-corrected chi connectivity index (χ4v) is 2.83. The number of rotatable bonds is 3. The van der Waals surface area contributed by atoms with Gasteiger partial charge in [0.1, 0.15) is 5.60 Å². The Morgan fingerprint density at radius 2 is 2.10 bits per heavy atom. The second kappa shape index (κ2) is 6.61. The molecule has 1 fully saturated rings. The molecule has 0 aromatic rings. The summed E-state index contributed by atoms with van der Waals surface area (Å²) in [6.45, 7) is 8.11. The Hall–Kier alpha value is -1.03. The van der Waals surface area contributed by atoms with Crippen LogP contribution in [0.1, 0.15) is 52.9 Å². The molecule has 114 valence electrons. The third-order valence-electron chi connectivity index (χ3n) is 3.85. The highest BCUT2D eigenvalue weighted by Gasteiger charge is 2.24. The van der Waals surface area contributed by atoms with E-state index >= 15 is 0 Å². The van der Waals surface area contributed by atoms with E-state index in [0.717, 1.165) is 19.5 Å². The van der Waals surface area contributed by atoms with Crippen LogP contribution in [-0.4, -0.2) is 42.3 Å². The maximum atomic E-state index is 12.1. The summed E-state index contributed by atoms with van der Waals surface area (Å²) in [5, 5.41) is 3.61. The summed E-state index contributed by atoms with van der Waals surface area (Å²) >= 11 is 0. The van der Waals surface area contributed by atoms with E-state index in [1.807, 2.05) is 25.7 Å². The van der Waals surface area contributed by atoms with Gasteiger partial charge < -0.3 is 15.0 Å². The number of carbonyl (C=O) groups is 1. The Morgan fingerprint density at radius 3 is 2.75 bits per heavy atom. The van der Waals surface area contributed by atoms with Crippen molar-refractivity contribution in [1.82, 2.24) is 10.2 Å². The van der Waals surface area contributed by atoms with Crippen molar-refractivity contribution < 1.29 is 9.53 Å². The van der Waals surface area contributed by atoms with Gasteiger partial charge in [-0.1, -0.05) is 18.9 Å². The van der Waals surface area contributed by atoms with Crippen LogP contribution in [0.3, 0.4) is 0 Å². The summed E-state index contributed by atoms with van der Waals surface area (Å²) in [6.07, 6.45) is 8.29. The molecule has 1 aliphatic carbocycles. The van der Waals surface area contributed by atoms with E-state index in [2.05, 4.69) is 11.4 Å². The Labute approximate surface area is 122 Å².